The molecule has 0 unspecified atom stereocenters. The number of benzene rings is 2. The van der Waals surface area contributed by atoms with Gasteiger partial charge in [-0.05, 0) is 31.2 Å². The third kappa shape index (κ3) is 3.84. The molecular formula is C19H14N4O4S2. The molecule has 1 aliphatic heterocycles. The monoisotopic (exact) mass is 426 g/mol. The molecule has 8 nitrogen and oxygen atoms in total. The molecule has 2 aromatic carbocycles. The smallest absolute Gasteiger partial charge is 0.284 e. The first-order valence-corrected chi connectivity index (χ1v) is 10.2. The molecule has 0 atom stereocenters. The first kappa shape index (κ1) is 19.1. The van der Waals surface area contributed by atoms with Gasteiger partial charge < -0.3 is 5.32 Å². The highest BCUT2D eigenvalue weighted by Crippen LogP contribution is 2.37. The molecule has 1 aromatic heterocycles. The maximum absolute atomic E-state index is 13.1. The maximum atomic E-state index is 13.1. The molecule has 1 aliphatic rings. The summed E-state index contributed by atoms with van der Waals surface area (Å²) < 4.78 is 0.686. The van der Waals surface area contributed by atoms with Gasteiger partial charge in [0.15, 0.2) is 4.34 Å². The Bertz CT molecular complexity index is 1140. The fraction of sp³-hybridized carbons (Fsp3) is 0.105. The lowest BCUT2D eigenvalue weighted by molar-refractivity contribution is -0.387. The van der Waals surface area contributed by atoms with Crippen molar-refractivity contribution >= 4 is 52.0 Å². The van der Waals surface area contributed by atoms with Gasteiger partial charge >= 0.3 is 0 Å². The molecule has 0 bridgehead atoms. The molecule has 29 heavy (non-hydrogen) atoms. The van der Waals surface area contributed by atoms with E-state index in [1.54, 1.807) is 30.3 Å². The number of thiazole rings is 1. The van der Waals surface area contributed by atoms with Crippen LogP contribution < -0.4 is 10.2 Å². The van der Waals surface area contributed by atoms with E-state index < -0.39 is 10.8 Å². The molecule has 0 saturated heterocycles. The molecule has 4 rings (SSSR count). The van der Waals surface area contributed by atoms with Gasteiger partial charge in [-0.1, -0.05) is 23.9 Å². The molecule has 0 fully saturated rings. The van der Waals surface area contributed by atoms with E-state index >= 15 is 0 Å². The number of nitro benzene ring substituents is 1. The first-order valence-electron chi connectivity index (χ1n) is 8.51. The van der Waals surface area contributed by atoms with Crippen LogP contribution in [0.1, 0.15) is 16.1 Å². The molecule has 146 valence electrons. The molecular weight excluding hydrogens is 412 g/mol. The Balaban J connectivity index is 1.68. The lowest BCUT2D eigenvalue weighted by Gasteiger charge is -2.29. The van der Waals surface area contributed by atoms with Gasteiger partial charge in [-0.3, -0.25) is 24.6 Å². The molecule has 3 aromatic rings. The molecule has 10 heteroatoms. The molecule has 0 saturated carbocycles. The third-order valence-corrected chi connectivity index (χ3v) is 6.34. The van der Waals surface area contributed by atoms with Crippen molar-refractivity contribution in [3.63, 3.8) is 0 Å². The summed E-state index contributed by atoms with van der Waals surface area (Å²) in [7, 11) is 0. The number of aromatic nitrogens is 1. The summed E-state index contributed by atoms with van der Waals surface area (Å²) in [6.07, 6.45) is 0. The average Bonchev–Trinajstić information content (AvgIpc) is 3.11. The van der Waals surface area contributed by atoms with Crippen LogP contribution in [0.5, 0.6) is 0 Å². The van der Waals surface area contributed by atoms with Crippen LogP contribution in [0, 0.1) is 17.0 Å². The molecule has 2 heterocycles. The zero-order valence-electron chi connectivity index (χ0n) is 15.1. The standard InChI is InChI=1S/C19H14N4O4S2/c1-11-10-28-19(20-11)29-16-7-6-12(8-15(16)23(26)27)18(25)22-9-17(24)21-13-4-2-3-5-14(13)22/h2-8,10H,9H2,1H3,(H,21,24). The number of carbonyl (C=O) groups is 2. The van der Waals surface area contributed by atoms with E-state index in [9.17, 15) is 19.7 Å². The molecule has 0 spiro atoms. The average molecular weight is 426 g/mol. The largest absolute Gasteiger partial charge is 0.323 e. The van der Waals surface area contributed by atoms with Crippen molar-refractivity contribution in [3.05, 3.63) is 69.2 Å². The van der Waals surface area contributed by atoms with Gasteiger partial charge in [-0.2, -0.15) is 0 Å². The van der Waals surface area contributed by atoms with Gasteiger partial charge in [0.1, 0.15) is 6.54 Å². The van der Waals surface area contributed by atoms with Crippen LogP contribution in [-0.2, 0) is 4.79 Å². The van der Waals surface area contributed by atoms with E-state index in [0.717, 1.165) is 5.69 Å². The predicted octanol–water partition coefficient (Wildman–Crippen LogP) is 4.11. The SMILES string of the molecule is Cc1csc(Sc2ccc(C(=O)N3CC(=O)Nc4ccccc43)cc2[N+](=O)[O-])n1. The van der Waals surface area contributed by atoms with Gasteiger partial charge in [-0.15, -0.1) is 11.3 Å². The minimum absolute atomic E-state index is 0.140. The molecule has 2 amide bonds. The number of nitro groups is 1. The summed E-state index contributed by atoms with van der Waals surface area (Å²) in [4.78, 5) is 42.2. The number of anilines is 2. The van der Waals surface area contributed by atoms with Crippen molar-refractivity contribution in [2.45, 2.75) is 16.2 Å². The van der Waals surface area contributed by atoms with Crippen molar-refractivity contribution in [2.24, 2.45) is 0 Å². The van der Waals surface area contributed by atoms with Crippen LogP contribution in [0.15, 0.2) is 57.1 Å². The van der Waals surface area contributed by atoms with E-state index in [-0.39, 0.29) is 23.7 Å². The predicted molar refractivity (Wildman–Crippen MR) is 111 cm³/mol. The second kappa shape index (κ2) is 7.64. The summed E-state index contributed by atoms with van der Waals surface area (Å²) in [6, 6.07) is 11.3. The minimum atomic E-state index is -0.517. The molecule has 0 aliphatic carbocycles. The Hall–Kier alpha value is -3.24. The summed E-state index contributed by atoms with van der Waals surface area (Å²) in [5, 5.41) is 16.2. The Labute approximate surface area is 173 Å². The summed E-state index contributed by atoms with van der Waals surface area (Å²) in [5.41, 5.74) is 1.88. The van der Waals surface area contributed by atoms with Crippen LogP contribution >= 0.6 is 23.1 Å². The fourth-order valence-electron chi connectivity index (χ4n) is 2.92. The summed E-state index contributed by atoms with van der Waals surface area (Å²) >= 11 is 2.59. The lowest BCUT2D eigenvalue weighted by atomic mass is 10.1. The topological polar surface area (TPSA) is 105 Å². The number of nitrogens with one attached hydrogen (secondary N) is 1. The number of hydrogen-bond acceptors (Lipinski definition) is 7. The van der Waals surface area contributed by atoms with Gasteiger partial charge in [0, 0.05) is 22.7 Å². The number of aryl methyl sites for hydroxylation is 1. The Morgan fingerprint density at radius 1 is 1.31 bits per heavy atom. The van der Waals surface area contributed by atoms with Crippen LogP contribution in [-0.4, -0.2) is 28.3 Å². The second-order valence-electron chi connectivity index (χ2n) is 6.25. The molecule has 0 radical (unpaired) electrons. The fourth-order valence-corrected chi connectivity index (χ4v) is 4.80. The quantitative estimate of drug-likeness (QED) is 0.497. The van der Waals surface area contributed by atoms with Crippen LogP contribution in [0.25, 0.3) is 0 Å². The second-order valence-corrected chi connectivity index (χ2v) is 8.40. The molecule has 1 N–H and O–H groups in total. The van der Waals surface area contributed by atoms with Crippen molar-refractivity contribution in [1.29, 1.82) is 0 Å². The number of carbonyl (C=O) groups excluding carboxylic acids is 2. The van der Waals surface area contributed by atoms with Crippen LogP contribution in [0.2, 0.25) is 0 Å². The van der Waals surface area contributed by atoms with Crippen molar-refractivity contribution in [1.82, 2.24) is 4.98 Å². The minimum Gasteiger partial charge on any atom is -0.323 e. The van der Waals surface area contributed by atoms with Gasteiger partial charge in [0.05, 0.1) is 21.2 Å². The number of amides is 2. The first-order chi connectivity index (χ1) is 13.9. The normalized spacial score (nSPS) is 13.0. The summed E-state index contributed by atoms with van der Waals surface area (Å²) in [5.74, 6) is -0.796. The van der Waals surface area contributed by atoms with Gasteiger partial charge in [-0.25, -0.2) is 4.98 Å². The Kier molecular flexibility index (Phi) is 5.03. The van der Waals surface area contributed by atoms with Crippen molar-refractivity contribution in [3.8, 4) is 0 Å². The van der Waals surface area contributed by atoms with E-state index in [4.69, 9.17) is 0 Å². The third-order valence-electron chi connectivity index (χ3n) is 4.21. The number of nitrogens with zero attached hydrogens (tertiary/aromatic N) is 3. The van der Waals surface area contributed by atoms with Gasteiger partial charge in [0.2, 0.25) is 5.91 Å². The number of hydrogen-bond donors (Lipinski definition) is 1. The highest BCUT2D eigenvalue weighted by molar-refractivity contribution is 8.01. The Morgan fingerprint density at radius 3 is 2.83 bits per heavy atom. The van der Waals surface area contributed by atoms with E-state index in [1.165, 1.54) is 40.1 Å². The number of rotatable bonds is 4. The van der Waals surface area contributed by atoms with Crippen molar-refractivity contribution in [2.75, 3.05) is 16.8 Å². The zero-order valence-corrected chi connectivity index (χ0v) is 16.8. The summed E-state index contributed by atoms with van der Waals surface area (Å²) in [6.45, 7) is 1.70. The van der Waals surface area contributed by atoms with E-state index in [0.29, 0.717) is 20.6 Å². The maximum Gasteiger partial charge on any atom is 0.284 e. The number of fused-ring (bicyclic) bond motifs is 1. The van der Waals surface area contributed by atoms with E-state index in [2.05, 4.69) is 10.3 Å². The lowest BCUT2D eigenvalue weighted by Crippen LogP contribution is -2.42. The zero-order chi connectivity index (χ0) is 20.5. The van der Waals surface area contributed by atoms with Crippen LogP contribution in [0.3, 0.4) is 0 Å². The van der Waals surface area contributed by atoms with Crippen LogP contribution in [0.4, 0.5) is 17.1 Å². The Morgan fingerprint density at radius 2 is 2.10 bits per heavy atom. The highest BCUT2D eigenvalue weighted by atomic mass is 32.2. The highest BCUT2D eigenvalue weighted by Gasteiger charge is 2.29. The number of para-hydroxylation sites is 2. The van der Waals surface area contributed by atoms with Crippen molar-refractivity contribution < 1.29 is 14.5 Å². The van der Waals surface area contributed by atoms with Gasteiger partial charge in [0.25, 0.3) is 11.6 Å². The van der Waals surface area contributed by atoms with E-state index in [1.807, 2.05) is 12.3 Å².